The Morgan fingerprint density at radius 2 is 1.89 bits per heavy atom. The van der Waals surface area contributed by atoms with Gasteiger partial charge in [0, 0.05) is 29.2 Å². The summed E-state index contributed by atoms with van der Waals surface area (Å²) in [7, 11) is 0. The number of rotatable bonds is 7. The maximum atomic E-state index is 12.6. The van der Waals surface area contributed by atoms with E-state index in [1.165, 1.54) is 0 Å². The third-order valence-corrected chi connectivity index (χ3v) is 3.85. The molecule has 1 heterocycles. The highest BCUT2D eigenvalue weighted by atomic mass is 16.5. The fourth-order valence-electron chi connectivity index (χ4n) is 2.56. The number of para-hydroxylation sites is 1. The summed E-state index contributed by atoms with van der Waals surface area (Å²) in [6, 6.07) is 17.7. The van der Waals surface area contributed by atoms with E-state index in [0.29, 0.717) is 29.2 Å². The SMILES string of the molecule is NC(=O)Cc1ccccc1NC(=O)c1cccc(OCc2cccnc2)c1. The lowest BCUT2D eigenvalue weighted by Crippen LogP contribution is -2.17. The molecule has 2 aromatic carbocycles. The summed E-state index contributed by atoms with van der Waals surface area (Å²) in [5, 5.41) is 2.82. The molecule has 3 rings (SSSR count). The molecular weight excluding hydrogens is 342 g/mol. The van der Waals surface area contributed by atoms with Crippen LogP contribution in [0.5, 0.6) is 5.75 Å². The van der Waals surface area contributed by atoms with Crippen molar-refractivity contribution >= 4 is 17.5 Å². The van der Waals surface area contributed by atoms with Gasteiger partial charge in [-0.15, -0.1) is 0 Å². The Morgan fingerprint density at radius 3 is 2.67 bits per heavy atom. The number of aromatic nitrogens is 1. The lowest BCUT2D eigenvalue weighted by Gasteiger charge is -2.11. The first-order valence-electron chi connectivity index (χ1n) is 8.41. The predicted molar refractivity (Wildman–Crippen MR) is 102 cm³/mol. The van der Waals surface area contributed by atoms with Crippen molar-refractivity contribution in [2.24, 2.45) is 5.73 Å². The van der Waals surface area contributed by atoms with E-state index in [0.717, 1.165) is 5.56 Å². The van der Waals surface area contributed by atoms with Crippen LogP contribution in [0.15, 0.2) is 73.1 Å². The van der Waals surface area contributed by atoms with Gasteiger partial charge >= 0.3 is 0 Å². The van der Waals surface area contributed by atoms with Crippen LogP contribution in [0.25, 0.3) is 0 Å². The Morgan fingerprint density at radius 1 is 1.04 bits per heavy atom. The van der Waals surface area contributed by atoms with E-state index in [2.05, 4.69) is 10.3 Å². The summed E-state index contributed by atoms with van der Waals surface area (Å²) >= 11 is 0. The first-order chi connectivity index (χ1) is 13.1. The van der Waals surface area contributed by atoms with Crippen molar-refractivity contribution in [3.8, 4) is 5.75 Å². The van der Waals surface area contributed by atoms with Crippen LogP contribution >= 0.6 is 0 Å². The molecule has 1 aromatic heterocycles. The number of anilines is 1. The Hall–Kier alpha value is -3.67. The highest BCUT2D eigenvalue weighted by molar-refractivity contribution is 6.05. The van der Waals surface area contributed by atoms with Crippen molar-refractivity contribution in [1.82, 2.24) is 4.98 Å². The quantitative estimate of drug-likeness (QED) is 0.676. The summed E-state index contributed by atoms with van der Waals surface area (Å²) in [5.41, 5.74) is 7.88. The third-order valence-electron chi connectivity index (χ3n) is 3.85. The van der Waals surface area contributed by atoms with Gasteiger partial charge in [0.2, 0.25) is 5.91 Å². The summed E-state index contributed by atoms with van der Waals surface area (Å²) < 4.78 is 5.73. The number of hydrogen-bond donors (Lipinski definition) is 2. The number of nitrogens with one attached hydrogen (secondary N) is 1. The minimum Gasteiger partial charge on any atom is -0.489 e. The van der Waals surface area contributed by atoms with E-state index >= 15 is 0 Å². The maximum absolute atomic E-state index is 12.6. The van der Waals surface area contributed by atoms with Gasteiger partial charge in [-0.2, -0.15) is 0 Å². The zero-order valence-electron chi connectivity index (χ0n) is 14.6. The molecule has 6 heteroatoms. The lowest BCUT2D eigenvalue weighted by atomic mass is 10.1. The molecule has 0 saturated heterocycles. The van der Waals surface area contributed by atoms with Crippen molar-refractivity contribution in [2.45, 2.75) is 13.0 Å². The highest BCUT2D eigenvalue weighted by Crippen LogP contribution is 2.19. The number of amides is 2. The summed E-state index contributed by atoms with van der Waals surface area (Å²) in [6.45, 7) is 0.361. The van der Waals surface area contributed by atoms with Gasteiger partial charge in [-0.05, 0) is 35.9 Å². The second-order valence-corrected chi connectivity index (χ2v) is 5.93. The third kappa shape index (κ3) is 5.15. The number of carbonyl (C=O) groups is 2. The van der Waals surface area contributed by atoms with Crippen LogP contribution in [0.3, 0.4) is 0 Å². The Labute approximate surface area is 157 Å². The number of benzene rings is 2. The monoisotopic (exact) mass is 361 g/mol. The first-order valence-corrected chi connectivity index (χ1v) is 8.41. The molecule has 0 radical (unpaired) electrons. The van der Waals surface area contributed by atoms with Crippen molar-refractivity contribution in [3.63, 3.8) is 0 Å². The number of nitrogens with zero attached hydrogens (tertiary/aromatic N) is 1. The Kier molecular flexibility index (Phi) is 5.79. The van der Waals surface area contributed by atoms with Crippen LogP contribution < -0.4 is 15.8 Å². The number of nitrogens with two attached hydrogens (primary N) is 1. The maximum Gasteiger partial charge on any atom is 0.255 e. The molecule has 0 fully saturated rings. The molecule has 0 atom stereocenters. The average molecular weight is 361 g/mol. The van der Waals surface area contributed by atoms with Gasteiger partial charge in [-0.1, -0.05) is 30.3 Å². The predicted octanol–water partition coefficient (Wildman–Crippen LogP) is 2.94. The largest absolute Gasteiger partial charge is 0.489 e. The van der Waals surface area contributed by atoms with E-state index in [1.54, 1.807) is 60.9 Å². The topological polar surface area (TPSA) is 94.3 Å². The molecule has 0 spiro atoms. The number of carbonyl (C=O) groups excluding carboxylic acids is 2. The molecule has 0 aliphatic carbocycles. The van der Waals surface area contributed by atoms with E-state index in [-0.39, 0.29) is 12.3 Å². The first kappa shape index (κ1) is 18.1. The molecule has 2 amide bonds. The number of primary amides is 1. The fourth-order valence-corrected chi connectivity index (χ4v) is 2.56. The fraction of sp³-hybridized carbons (Fsp3) is 0.0952. The second kappa shape index (κ2) is 8.62. The molecule has 3 N–H and O–H groups in total. The molecule has 136 valence electrons. The van der Waals surface area contributed by atoms with Gasteiger partial charge < -0.3 is 15.8 Å². The van der Waals surface area contributed by atoms with E-state index in [4.69, 9.17) is 10.5 Å². The standard InChI is InChI=1S/C21H19N3O3/c22-20(25)12-16-6-1-2-9-19(16)24-21(26)17-7-3-8-18(11-17)27-14-15-5-4-10-23-13-15/h1-11,13H,12,14H2,(H2,22,25)(H,24,26). The van der Waals surface area contributed by atoms with Crippen LogP contribution in [0.2, 0.25) is 0 Å². The Balaban J connectivity index is 1.70. The van der Waals surface area contributed by atoms with Gasteiger partial charge in [0.1, 0.15) is 12.4 Å². The van der Waals surface area contributed by atoms with Gasteiger partial charge in [0.05, 0.1) is 6.42 Å². The van der Waals surface area contributed by atoms with Crippen molar-refractivity contribution in [1.29, 1.82) is 0 Å². The number of ether oxygens (including phenoxy) is 1. The summed E-state index contributed by atoms with van der Waals surface area (Å²) in [4.78, 5) is 27.8. The molecular formula is C21H19N3O3. The molecule has 0 aliphatic heterocycles. The zero-order valence-corrected chi connectivity index (χ0v) is 14.6. The van der Waals surface area contributed by atoms with Gasteiger partial charge in [0.15, 0.2) is 0 Å². The zero-order chi connectivity index (χ0) is 19.1. The second-order valence-electron chi connectivity index (χ2n) is 5.93. The molecule has 0 unspecified atom stereocenters. The number of hydrogen-bond acceptors (Lipinski definition) is 4. The molecule has 3 aromatic rings. The highest BCUT2D eigenvalue weighted by Gasteiger charge is 2.11. The van der Waals surface area contributed by atoms with Gasteiger partial charge in [-0.3, -0.25) is 14.6 Å². The van der Waals surface area contributed by atoms with Crippen LogP contribution in [0, 0.1) is 0 Å². The van der Waals surface area contributed by atoms with Crippen LogP contribution in [0.4, 0.5) is 5.69 Å². The normalized spacial score (nSPS) is 10.2. The molecule has 0 bridgehead atoms. The van der Waals surface area contributed by atoms with Crippen molar-refractivity contribution < 1.29 is 14.3 Å². The summed E-state index contributed by atoms with van der Waals surface area (Å²) in [6.07, 6.45) is 3.49. The Bertz CT molecular complexity index is 942. The smallest absolute Gasteiger partial charge is 0.255 e. The van der Waals surface area contributed by atoms with Crippen molar-refractivity contribution in [2.75, 3.05) is 5.32 Å². The van der Waals surface area contributed by atoms with Crippen LogP contribution in [-0.2, 0) is 17.8 Å². The minimum absolute atomic E-state index is 0.0602. The summed E-state index contributed by atoms with van der Waals surface area (Å²) in [5.74, 6) is -0.168. The molecule has 27 heavy (non-hydrogen) atoms. The van der Waals surface area contributed by atoms with E-state index < -0.39 is 5.91 Å². The lowest BCUT2D eigenvalue weighted by molar-refractivity contribution is -0.117. The average Bonchev–Trinajstić information content (AvgIpc) is 2.68. The van der Waals surface area contributed by atoms with Crippen LogP contribution in [-0.4, -0.2) is 16.8 Å². The molecule has 6 nitrogen and oxygen atoms in total. The van der Waals surface area contributed by atoms with Crippen molar-refractivity contribution in [3.05, 3.63) is 89.7 Å². The number of pyridine rings is 1. The molecule has 0 aliphatic rings. The van der Waals surface area contributed by atoms with Gasteiger partial charge in [-0.25, -0.2) is 0 Å². The minimum atomic E-state index is -0.456. The van der Waals surface area contributed by atoms with Gasteiger partial charge in [0.25, 0.3) is 5.91 Å². The van der Waals surface area contributed by atoms with Crippen LogP contribution in [0.1, 0.15) is 21.5 Å². The van der Waals surface area contributed by atoms with E-state index in [1.807, 2.05) is 12.1 Å². The molecule has 0 saturated carbocycles. The van der Waals surface area contributed by atoms with E-state index in [9.17, 15) is 9.59 Å².